The molecule has 2 aliphatic rings. The first-order valence-corrected chi connectivity index (χ1v) is 12.5. The molecule has 2 aliphatic heterocycles. The predicted molar refractivity (Wildman–Crippen MR) is 144 cm³/mol. The average molecular weight is 459 g/mol. The molecule has 6 rings (SSSR count). The summed E-state index contributed by atoms with van der Waals surface area (Å²) in [5, 5.41) is 0. The fourth-order valence-electron chi connectivity index (χ4n) is 6.03. The Bertz CT molecular complexity index is 1380. The zero-order valence-electron chi connectivity index (χ0n) is 20.3. The lowest BCUT2D eigenvalue weighted by Gasteiger charge is -2.49. The third-order valence-corrected chi connectivity index (χ3v) is 7.55. The maximum Gasteiger partial charge on any atom is 0.125 e. The number of amidine groups is 1. The summed E-state index contributed by atoms with van der Waals surface area (Å²) in [5.41, 5.74) is 7.07. The highest BCUT2D eigenvalue weighted by Gasteiger charge is 2.57. The van der Waals surface area contributed by atoms with E-state index >= 15 is 0 Å². The van der Waals surface area contributed by atoms with E-state index in [0.29, 0.717) is 0 Å². The first kappa shape index (κ1) is 21.7. The summed E-state index contributed by atoms with van der Waals surface area (Å²) in [6.45, 7) is 3.20. The molecule has 0 fully saturated rings. The molecule has 0 spiro atoms. The third kappa shape index (κ3) is 3.22. The lowest BCUT2D eigenvalue weighted by Crippen LogP contribution is -2.54. The Morgan fingerprint density at radius 3 is 2.31 bits per heavy atom. The highest BCUT2D eigenvalue weighted by atomic mass is 16.5. The quantitative estimate of drug-likeness (QED) is 0.299. The zero-order chi connectivity index (χ0) is 23.8. The van der Waals surface area contributed by atoms with Gasteiger partial charge in [-0.2, -0.15) is 0 Å². The van der Waals surface area contributed by atoms with Gasteiger partial charge in [0, 0.05) is 18.2 Å². The van der Waals surface area contributed by atoms with Crippen molar-refractivity contribution in [1.29, 1.82) is 0 Å². The second-order valence-electron chi connectivity index (χ2n) is 9.40. The summed E-state index contributed by atoms with van der Waals surface area (Å²) in [7, 11) is 1.72. The van der Waals surface area contributed by atoms with Crippen LogP contribution in [0.1, 0.15) is 47.9 Å². The molecule has 4 aromatic rings. The molecule has 4 aromatic carbocycles. The number of methoxy groups -OCH3 is 1. The Morgan fingerprint density at radius 2 is 1.54 bits per heavy atom. The van der Waals surface area contributed by atoms with Crippen LogP contribution in [-0.2, 0) is 5.41 Å². The number of hydrogen-bond acceptors (Lipinski definition) is 3. The van der Waals surface area contributed by atoms with Crippen LogP contribution >= 0.6 is 0 Å². The zero-order valence-corrected chi connectivity index (χ0v) is 20.3. The van der Waals surface area contributed by atoms with Crippen LogP contribution in [0.15, 0.2) is 108 Å². The van der Waals surface area contributed by atoms with E-state index in [1.165, 1.54) is 27.9 Å². The van der Waals surface area contributed by atoms with Crippen LogP contribution in [0.5, 0.6) is 5.75 Å². The first-order chi connectivity index (χ1) is 17.3. The van der Waals surface area contributed by atoms with Crippen LogP contribution in [0, 0.1) is 0 Å². The van der Waals surface area contributed by atoms with Gasteiger partial charge in [0.25, 0.3) is 0 Å². The maximum atomic E-state index is 5.51. The minimum Gasteiger partial charge on any atom is -0.497 e. The van der Waals surface area contributed by atoms with Gasteiger partial charge in [-0.25, -0.2) is 4.99 Å². The van der Waals surface area contributed by atoms with E-state index in [-0.39, 0.29) is 5.92 Å². The van der Waals surface area contributed by atoms with Gasteiger partial charge in [0.1, 0.15) is 11.6 Å². The molecule has 35 heavy (non-hydrogen) atoms. The minimum absolute atomic E-state index is 0.0762. The number of fused-ring (bicyclic) bond motifs is 4. The maximum absolute atomic E-state index is 5.51. The van der Waals surface area contributed by atoms with Gasteiger partial charge >= 0.3 is 0 Å². The molecule has 174 valence electrons. The molecule has 0 saturated heterocycles. The Kier molecular flexibility index (Phi) is 5.41. The van der Waals surface area contributed by atoms with Crippen molar-refractivity contribution in [3.8, 4) is 5.75 Å². The van der Waals surface area contributed by atoms with E-state index < -0.39 is 5.41 Å². The van der Waals surface area contributed by atoms with Crippen LogP contribution in [0.4, 0.5) is 11.4 Å². The van der Waals surface area contributed by atoms with E-state index in [1.54, 1.807) is 7.11 Å². The van der Waals surface area contributed by atoms with Gasteiger partial charge in [0.15, 0.2) is 0 Å². The second kappa shape index (κ2) is 8.74. The molecule has 0 saturated carbocycles. The number of rotatable bonds is 6. The third-order valence-electron chi connectivity index (χ3n) is 7.55. The molecule has 3 heteroatoms. The predicted octanol–water partition coefficient (Wildman–Crippen LogP) is 7.48. The van der Waals surface area contributed by atoms with Crippen LogP contribution in [0.2, 0.25) is 0 Å². The first-order valence-electron chi connectivity index (χ1n) is 12.5. The van der Waals surface area contributed by atoms with Crippen molar-refractivity contribution in [1.82, 2.24) is 0 Å². The molecule has 0 radical (unpaired) electrons. The summed E-state index contributed by atoms with van der Waals surface area (Å²) in [4.78, 5) is 7.87. The molecule has 0 aromatic heterocycles. The van der Waals surface area contributed by atoms with Crippen molar-refractivity contribution in [2.45, 2.75) is 31.1 Å². The van der Waals surface area contributed by atoms with Crippen molar-refractivity contribution in [2.75, 3.05) is 18.6 Å². The Balaban J connectivity index is 1.72. The highest BCUT2D eigenvalue weighted by molar-refractivity contribution is 6.15. The Morgan fingerprint density at radius 1 is 0.829 bits per heavy atom. The number of para-hydroxylation sites is 2. The number of nitrogens with zero attached hydrogens (tertiary/aromatic N) is 2. The number of ether oxygens (including phenoxy) is 1. The Hall–Kier alpha value is -3.85. The summed E-state index contributed by atoms with van der Waals surface area (Å²) in [6, 6.07) is 37.2. The molecular formula is C32H30N2O. The minimum atomic E-state index is -0.422. The monoisotopic (exact) mass is 458 g/mol. The van der Waals surface area contributed by atoms with Crippen molar-refractivity contribution in [2.24, 2.45) is 4.99 Å². The van der Waals surface area contributed by atoms with Gasteiger partial charge in [-0.1, -0.05) is 92.2 Å². The van der Waals surface area contributed by atoms with E-state index in [1.807, 2.05) is 0 Å². The molecular weight excluding hydrogens is 428 g/mol. The van der Waals surface area contributed by atoms with Crippen LogP contribution in [0.25, 0.3) is 0 Å². The van der Waals surface area contributed by atoms with E-state index in [4.69, 9.17) is 9.73 Å². The smallest absolute Gasteiger partial charge is 0.125 e. The highest BCUT2D eigenvalue weighted by Crippen LogP contribution is 2.60. The molecule has 0 amide bonds. The SMILES string of the molecule is CCCCN1C2=Nc3ccccc3[C@@]2(c2ccccc2)[C@@H](c2ccc(OC)cc2)c2ccccc21. The normalized spacial score (nSPS) is 20.0. The number of anilines is 1. The van der Waals surface area contributed by atoms with Crippen molar-refractivity contribution in [3.05, 3.63) is 125 Å². The van der Waals surface area contributed by atoms with Crippen molar-refractivity contribution in [3.63, 3.8) is 0 Å². The lowest BCUT2D eigenvalue weighted by molar-refractivity contribution is 0.414. The molecule has 0 bridgehead atoms. The molecule has 0 unspecified atom stereocenters. The van der Waals surface area contributed by atoms with Crippen LogP contribution < -0.4 is 9.64 Å². The molecule has 0 aliphatic carbocycles. The lowest BCUT2D eigenvalue weighted by atomic mass is 9.59. The fourth-order valence-corrected chi connectivity index (χ4v) is 6.03. The van der Waals surface area contributed by atoms with Crippen LogP contribution in [-0.4, -0.2) is 19.5 Å². The van der Waals surface area contributed by atoms with Gasteiger partial charge in [-0.3, -0.25) is 0 Å². The standard InChI is InChI=1S/C32H30N2O/c1-3-4-22-34-29-17-11-8-14-26(29)30(23-18-20-25(35-2)21-19-23)32(24-12-6-5-7-13-24)27-15-9-10-16-28(27)33-31(32)34/h5-21,30H,3-4,22H2,1-2H3/t30-,32-/m0/s1. The van der Waals surface area contributed by atoms with Gasteiger partial charge in [0.2, 0.25) is 0 Å². The summed E-state index contributed by atoms with van der Waals surface area (Å²) < 4.78 is 5.51. The van der Waals surface area contributed by atoms with Gasteiger partial charge in [-0.05, 0) is 52.9 Å². The van der Waals surface area contributed by atoms with Crippen LogP contribution in [0.3, 0.4) is 0 Å². The molecule has 2 atom stereocenters. The summed E-state index contributed by atoms with van der Waals surface area (Å²) >= 11 is 0. The number of unbranched alkanes of at least 4 members (excludes halogenated alkanes) is 1. The Labute approximate surface area is 207 Å². The number of benzene rings is 4. The summed E-state index contributed by atoms with van der Waals surface area (Å²) in [5.74, 6) is 2.09. The van der Waals surface area contributed by atoms with Gasteiger partial charge in [-0.15, -0.1) is 0 Å². The van der Waals surface area contributed by atoms with E-state index in [9.17, 15) is 0 Å². The van der Waals surface area contributed by atoms with Gasteiger partial charge < -0.3 is 9.64 Å². The number of hydrogen-bond donors (Lipinski definition) is 0. The molecule has 2 heterocycles. The van der Waals surface area contributed by atoms with Crippen molar-refractivity contribution < 1.29 is 4.74 Å². The fraction of sp³-hybridized carbons (Fsp3) is 0.219. The van der Waals surface area contributed by atoms with E-state index in [0.717, 1.165) is 36.7 Å². The largest absolute Gasteiger partial charge is 0.497 e. The van der Waals surface area contributed by atoms with Crippen molar-refractivity contribution >= 4 is 17.2 Å². The number of aliphatic imine (C=N–C) groups is 1. The summed E-state index contributed by atoms with van der Waals surface area (Å²) in [6.07, 6.45) is 2.25. The van der Waals surface area contributed by atoms with E-state index in [2.05, 4.69) is 115 Å². The van der Waals surface area contributed by atoms with Gasteiger partial charge in [0.05, 0.1) is 18.2 Å². The topological polar surface area (TPSA) is 24.8 Å². The second-order valence-corrected chi connectivity index (χ2v) is 9.40. The molecule has 0 N–H and O–H groups in total. The average Bonchev–Trinajstić information content (AvgIpc) is 3.27. The molecule has 3 nitrogen and oxygen atoms in total.